The third-order valence-corrected chi connectivity index (χ3v) is 3.68. The fourth-order valence-electron chi connectivity index (χ4n) is 2.32. The monoisotopic (exact) mass is 314 g/mol. The number of oxazole rings is 1. The van der Waals surface area contributed by atoms with E-state index < -0.39 is 0 Å². The molecule has 23 heavy (non-hydrogen) atoms. The maximum absolute atomic E-state index is 9.25. The standard InChI is InChI=1S/C17H22N4O2/c1-4-21(5-2)11-10-19-17-14(12-18)20-16(23-17)13-8-6-7-9-15(13)22-3/h6-9,19H,4-5,10-11H2,1-3H3. The summed E-state index contributed by atoms with van der Waals surface area (Å²) >= 11 is 0. The number of aromatic nitrogens is 1. The maximum Gasteiger partial charge on any atom is 0.233 e. The van der Waals surface area contributed by atoms with Crippen LogP contribution in [0.15, 0.2) is 28.7 Å². The van der Waals surface area contributed by atoms with E-state index in [-0.39, 0.29) is 5.69 Å². The van der Waals surface area contributed by atoms with Gasteiger partial charge in [0.1, 0.15) is 11.8 Å². The van der Waals surface area contributed by atoms with Crippen LogP contribution in [-0.4, -0.2) is 43.2 Å². The molecule has 0 aliphatic rings. The molecule has 0 aliphatic heterocycles. The van der Waals surface area contributed by atoms with Gasteiger partial charge in [0.05, 0.1) is 12.7 Å². The predicted molar refractivity (Wildman–Crippen MR) is 89.5 cm³/mol. The van der Waals surface area contributed by atoms with E-state index in [1.54, 1.807) is 7.11 Å². The number of methoxy groups -OCH3 is 1. The predicted octanol–water partition coefficient (Wildman–Crippen LogP) is 2.98. The maximum atomic E-state index is 9.25. The van der Waals surface area contributed by atoms with Gasteiger partial charge < -0.3 is 19.4 Å². The van der Waals surface area contributed by atoms with Crippen molar-refractivity contribution in [3.05, 3.63) is 30.0 Å². The highest BCUT2D eigenvalue weighted by Crippen LogP contribution is 2.31. The molecule has 6 nitrogen and oxygen atoms in total. The van der Waals surface area contributed by atoms with E-state index in [9.17, 15) is 5.26 Å². The van der Waals surface area contributed by atoms with Gasteiger partial charge in [-0.15, -0.1) is 0 Å². The molecule has 1 aromatic heterocycles. The minimum atomic E-state index is 0.255. The van der Waals surface area contributed by atoms with Crippen molar-refractivity contribution in [2.24, 2.45) is 0 Å². The molecule has 122 valence electrons. The highest BCUT2D eigenvalue weighted by Gasteiger charge is 2.17. The van der Waals surface area contributed by atoms with Crippen LogP contribution in [0.2, 0.25) is 0 Å². The molecule has 0 fully saturated rings. The van der Waals surface area contributed by atoms with Gasteiger partial charge in [-0.05, 0) is 25.2 Å². The first kappa shape index (κ1) is 16.8. The number of para-hydroxylation sites is 1. The Kier molecular flexibility index (Phi) is 6.01. The number of likely N-dealkylation sites (N-methyl/N-ethyl adjacent to an activating group) is 1. The van der Waals surface area contributed by atoms with Crippen LogP contribution in [0.1, 0.15) is 19.5 Å². The summed E-state index contributed by atoms with van der Waals surface area (Å²) in [6, 6.07) is 9.50. The van der Waals surface area contributed by atoms with Crippen molar-refractivity contribution in [2.45, 2.75) is 13.8 Å². The van der Waals surface area contributed by atoms with Crippen LogP contribution in [0.5, 0.6) is 5.75 Å². The first-order valence-corrected chi connectivity index (χ1v) is 7.74. The molecule has 0 bridgehead atoms. The summed E-state index contributed by atoms with van der Waals surface area (Å²) in [6.45, 7) is 7.80. The van der Waals surface area contributed by atoms with E-state index in [4.69, 9.17) is 9.15 Å². The molecule has 2 aromatic rings. The Hall–Kier alpha value is -2.52. The molecule has 1 heterocycles. The first-order valence-electron chi connectivity index (χ1n) is 7.74. The third kappa shape index (κ3) is 4.02. The summed E-state index contributed by atoms with van der Waals surface area (Å²) in [4.78, 5) is 6.55. The average Bonchev–Trinajstić information content (AvgIpc) is 3.01. The topological polar surface area (TPSA) is 74.3 Å². The number of nitrogens with zero attached hydrogens (tertiary/aromatic N) is 3. The van der Waals surface area contributed by atoms with E-state index in [1.165, 1.54) is 0 Å². The van der Waals surface area contributed by atoms with Gasteiger partial charge in [-0.1, -0.05) is 26.0 Å². The van der Waals surface area contributed by atoms with E-state index in [0.717, 1.165) is 25.2 Å². The molecular formula is C17H22N4O2. The first-order chi connectivity index (χ1) is 11.2. The molecule has 2 rings (SSSR count). The van der Waals surface area contributed by atoms with E-state index in [0.29, 0.717) is 24.1 Å². The molecule has 0 spiro atoms. The van der Waals surface area contributed by atoms with Gasteiger partial charge in [-0.2, -0.15) is 10.2 Å². The number of ether oxygens (including phenoxy) is 1. The van der Waals surface area contributed by atoms with Crippen molar-refractivity contribution in [1.29, 1.82) is 5.26 Å². The van der Waals surface area contributed by atoms with Crippen LogP contribution in [0.3, 0.4) is 0 Å². The number of anilines is 1. The number of hydrogen-bond acceptors (Lipinski definition) is 6. The lowest BCUT2D eigenvalue weighted by Gasteiger charge is -2.17. The minimum Gasteiger partial charge on any atom is -0.496 e. The SMILES string of the molecule is CCN(CC)CCNc1oc(-c2ccccc2OC)nc1C#N. The summed E-state index contributed by atoms with van der Waals surface area (Å²) in [6.07, 6.45) is 0. The molecule has 0 saturated carbocycles. The number of nitrogens with one attached hydrogen (secondary N) is 1. The summed E-state index contributed by atoms with van der Waals surface area (Å²) in [7, 11) is 1.59. The number of nitriles is 1. The molecule has 1 N–H and O–H groups in total. The van der Waals surface area contributed by atoms with Crippen molar-refractivity contribution in [3.63, 3.8) is 0 Å². The summed E-state index contributed by atoms with van der Waals surface area (Å²) in [5.74, 6) is 1.44. The Labute approximate surface area is 136 Å². The van der Waals surface area contributed by atoms with Gasteiger partial charge in [0.2, 0.25) is 17.5 Å². The van der Waals surface area contributed by atoms with Crippen LogP contribution >= 0.6 is 0 Å². The molecule has 0 radical (unpaired) electrons. The van der Waals surface area contributed by atoms with Crippen molar-refractivity contribution in [3.8, 4) is 23.3 Å². The second-order valence-electron chi connectivity index (χ2n) is 4.96. The molecule has 0 amide bonds. The molecule has 1 aromatic carbocycles. The number of benzene rings is 1. The Morgan fingerprint density at radius 2 is 2.04 bits per heavy atom. The highest BCUT2D eigenvalue weighted by molar-refractivity contribution is 5.65. The third-order valence-electron chi connectivity index (χ3n) is 3.68. The van der Waals surface area contributed by atoms with Gasteiger partial charge in [0, 0.05) is 13.1 Å². The minimum absolute atomic E-state index is 0.255. The molecule has 0 unspecified atom stereocenters. The second kappa shape index (κ2) is 8.20. The Balaban J connectivity index is 2.16. The Morgan fingerprint density at radius 1 is 1.30 bits per heavy atom. The summed E-state index contributed by atoms with van der Waals surface area (Å²) in [5, 5.41) is 12.4. The van der Waals surface area contributed by atoms with Gasteiger partial charge in [0.25, 0.3) is 0 Å². The Bertz CT molecular complexity index is 671. The highest BCUT2D eigenvalue weighted by atomic mass is 16.5. The zero-order chi connectivity index (χ0) is 16.7. The number of hydrogen-bond donors (Lipinski definition) is 1. The normalized spacial score (nSPS) is 10.6. The van der Waals surface area contributed by atoms with Crippen molar-refractivity contribution < 1.29 is 9.15 Å². The largest absolute Gasteiger partial charge is 0.496 e. The van der Waals surface area contributed by atoms with Gasteiger partial charge in [-0.25, -0.2) is 0 Å². The van der Waals surface area contributed by atoms with Gasteiger partial charge >= 0.3 is 0 Å². The summed E-state index contributed by atoms with van der Waals surface area (Å²) < 4.78 is 11.1. The van der Waals surface area contributed by atoms with E-state index in [1.807, 2.05) is 24.3 Å². The van der Waals surface area contributed by atoms with Crippen LogP contribution in [0.25, 0.3) is 11.5 Å². The molecular weight excluding hydrogens is 292 g/mol. The van der Waals surface area contributed by atoms with Crippen LogP contribution < -0.4 is 10.1 Å². The zero-order valence-electron chi connectivity index (χ0n) is 13.8. The lowest BCUT2D eigenvalue weighted by molar-refractivity contribution is 0.315. The van der Waals surface area contributed by atoms with Crippen molar-refractivity contribution in [2.75, 3.05) is 38.6 Å². The fraction of sp³-hybridized carbons (Fsp3) is 0.412. The van der Waals surface area contributed by atoms with Crippen molar-refractivity contribution in [1.82, 2.24) is 9.88 Å². The number of rotatable bonds is 8. The quantitative estimate of drug-likeness (QED) is 0.807. The van der Waals surface area contributed by atoms with Crippen molar-refractivity contribution >= 4 is 5.88 Å². The zero-order valence-corrected chi connectivity index (χ0v) is 13.8. The van der Waals surface area contributed by atoms with Crippen LogP contribution in [0.4, 0.5) is 5.88 Å². The average molecular weight is 314 g/mol. The molecule has 0 atom stereocenters. The lowest BCUT2D eigenvalue weighted by atomic mass is 10.2. The molecule has 0 saturated heterocycles. The van der Waals surface area contributed by atoms with E-state index >= 15 is 0 Å². The van der Waals surface area contributed by atoms with Gasteiger partial charge in [0.15, 0.2) is 0 Å². The molecule has 0 aliphatic carbocycles. The van der Waals surface area contributed by atoms with Crippen LogP contribution in [0, 0.1) is 11.3 Å². The van der Waals surface area contributed by atoms with Crippen LogP contribution in [-0.2, 0) is 0 Å². The summed E-state index contributed by atoms with van der Waals surface area (Å²) in [5.41, 5.74) is 0.980. The smallest absolute Gasteiger partial charge is 0.233 e. The second-order valence-corrected chi connectivity index (χ2v) is 4.96. The lowest BCUT2D eigenvalue weighted by Crippen LogP contribution is -2.28. The Morgan fingerprint density at radius 3 is 2.70 bits per heavy atom. The fourth-order valence-corrected chi connectivity index (χ4v) is 2.32. The van der Waals surface area contributed by atoms with E-state index in [2.05, 4.69) is 35.1 Å². The molecule has 6 heteroatoms. The van der Waals surface area contributed by atoms with Gasteiger partial charge in [-0.3, -0.25) is 0 Å².